The van der Waals surface area contributed by atoms with Crippen LogP contribution in [0.5, 0.6) is 0 Å². The fraction of sp³-hybridized carbons (Fsp3) is 0.450. The van der Waals surface area contributed by atoms with Gasteiger partial charge in [-0.15, -0.1) is 11.3 Å². The number of hydrogen-bond acceptors (Lipinski definition) is 4. The molecule has 0 saturated heterocycles. The second kappa shape index (κ2) is 6.64. The minimum atomic E-state index is -0.143. The van der Waals surface area contributed by atoms with Gasteiger partial charge in [0.25, 0.3) is 5.56 Å². The van der Waals surface area contributed by atoms with Crippen molar-refractivity contribution in [3.63, 3.8) is 0 Å². The van der Waals surface area contributed by atoms with E-state index in [0.717, 1.165) is 16.3 Å². The summed E-state index contributed by atoms with van der Waals surface area (Å²) < 4.78 is 3.73. The first kappa shape index (κ1) is 18.0. The predicted octanol–water partition coefficient (Wildman–Crippen LogP) is 3.12. The lowest BCUT2D eigenvalue weighted by atomic mass is 9.97. The van der Waals surface area contributed by atoms with Crippen molar-refractivity contribution in [3.8, 4) is 0 Å². The molecule has 1 aliphatic rings. The lowest BCUT2D eigenvalue weighted by molar-refractivity contribution is -0.136. The summed E-state index contributed by atoms with van der Waals surface area (Å²) in [6.45, 7) is 9.81. The molecule has 1 amide bonds. The van der Waals surface area contributed by atoms with Crippen molar-refractivity contribution in [1.82, 2.24) is 19.0 Å². The zero-order valence-electron chi connectivity index (χ0n) is 16.1. The van der Waals surface area contributed by atoms with Gasteiger partial charge in [0.1, 0.15) is 11.4 Å². The average Bonchev–Trinajstić information content (AvgIpc) is 3.19. The van der Waals surface area contributed by atoms with Crippen molar-refractivity contribution < 1.29 is 4.79 Å². The predicted molar refractivity (Wildman–Crippen MR) is 107 cm³/mol. The Labute approximate surface area is 162 Å². The van der Waals surface area contributed by atoms with Gasteiger partial charge in [0.15, 0.2) is 0 Å². The molecule has 4 heterocycles. The molecule has 0 N–H and O–H groups in total. The maximum atomic E-state index is 13.1. The minimum absolute atomic E-state index is 0.0238. The molecule has 0 spiro atoms. The minimum Gasteiger partial charge on any atom is -0.345 e. The summed E-state index contributed by atoms with van der Waals surface area (Å²) in [4.78, 5) is 33.9. The first-order valence-corrected chi connectivity index (χ1v) is 10.1. The van der Waals surface area contributed by atoms with Crippen molar-refractivity contribution in [2.24, 2.45) is 5.92 Å². The molecular formula is C20H24N4O2S. The Hall–Kier alpha value is -2.41. The van der Waals surface area contributed by atoms with Crippen LogP contribution in [-0.2, 0) is 17.9 Å². The van der Waals surface area contributed by atoms with Gasteiger partial charge in [-0.3, -0.25) is 14.2 Å². The second-order valence-corrected chi connectivity index (χ2v) is 8.82. The molecule has 1 aliphatic heterocycles. The Morgan fingerprint density at radius 1 is 1.30 bits per heavy atom. The van der Waals surface area contributed by atoms with Crippen molar-refractivity contribution >= 4 is 27.5 Å². The molecule has 1 atom stereocenters. The van der Waals surface area contributed by atoms with Gasteiger partial charge < -0.3 is 9.47 Å². The number of carbonyl (C=O) groups is 1. The molecule has 0 bridgehead atoms. The van der Waals surface area contributed by atoms with Crippen LogP contribution in [0.3, 0.4) is 0 Å². The maximum absolute atomic E-state index is 13.1. The molecular weight excluding hydrogens is 360 g/mol. The summed E-state index contributed by atoms with van der Waals surface area (Å²) >= 11 is 1.50. The Bertz CT molecular complexity index is 1080. The molecule has 0 radical (unpaired) electrons. The van der Waals surface area contributed by atoms with Gasteiger partial charge in [0.2, 0.25) is 5.91 Å². The summed E-state index contributed by atoms with van der Waals surface area (Å²) in [7, 11) is 0. The van der Waals surface area contributed by atoms with Crippen molar-refractivity contribution in [2.75, 3.05) is 6.54 Å². The number of aryl methyl sites for hydroxylation is 2. The largest absolute Gasteiger partial charge is 0.345 e. The number of thiophene rings is 1. The average molecular weight is 385 g/mol. The summed E-state index contributed by atoms with van der Waals surface area (Å²) in [5.41, 5.74) is 2.26. The summed E-state index contributed by atoms with van der Waals surface area (Å²) in [5.74, 6) is 0.258. The molecule has 7 heteroatoms. The van der Waals surface area contributed by atoms with E-state index in [0.29, 0.717) is 17.8 Å². The van der Waals surface area contributed by atoms with Gasteiger partial charge in [-0.05, 0) is 38.0 Å². The van der Waals surface area contributed by atoms with Crippen molar-refractivity contribution in [1.29, 1.82) is 0 Å². The smallest absolute Gasteiger partial charge is 0.262 e. The fourth-order valence-corrected chi connectivity index (χ4v) is 4.91. The Morgan fingerprint density at radius 2 is 2.07 bits per heavy atom. The van der Waals surface area contributed by atoms with Crippen LogP contribution in [0.4, 0.5) is 0 Å². The van der Waals surface area contributed by atoms with E-state index in [1.165, 1.54) is 33.6 Å². The highest BCUT2D eigenvalue weighted by atomic mass is 32.1. The highest BCUT2D eigenvalue weighted by Gasteiger charge is 2.33. The van der Waals surface area contributed by atoms with Crippen LogP contribution in [0.15, 0.2) is 29.3 Å². The molecule has 142 valence electrons. The Kier molecular flexibility index (Phi) is 4.42. The van der Waals surface area contributed by atoms with Crippen LogP contribution < -0.4 is 5.56 Å². The molecule has 0 fully saturated rings. The number of hydrogen-bond donors (Lipinski definition) is 0. The number of fused-ring (bicyclic) bond motifs is 2. The second-order valence-electron chi connectivity index (χ2n) is 7.58. The SMILES string of the molecule is Cc1cc2c(=O)n(CC(=O)N3CCn4c(C)ccc4[C@H]3C(C)C)cnc2s1. The third-order valence-corrected chi connectivity index (χ3v) is 6.29. The fourth-order valence-electron chi connectivity index (χ4n) is 4.07. The van der Waals surface area contributed by atoms with Crippen LogP contribution >= 0.6 is 11.3 Å². The third-order valence-electron chi connectivity index (χ3n) is 5.33. The zero-order valence-corrected chi connectivity index (χ0v) is 16.9. The number of rotatable bonds is 3. The Balaban J connectivity index is 1.65. The molecule has 0 saturated carbocycles. The van der Waals surface area contributed by atoms with Gasteiger partial charge in [0, 0.05) is 29.4 Å². The number of carbonyl (C=O) groups excluding carboxylic acids is 1. The zero-order chi connectivity index (χ0) is 19.3. The summed E-state index contributed by atoms with van der Waals surface area (Å²) in [6, 6.07) is 6.10. The third kappa shape index (κ3) is 3.00. The van der Waals surface area contributed by atoms with E-state index in [1.54, 1.807) is 0 Å². The maximum Gasteiger partial charge on any atom is 0.262 e. The van der Waals surface area contributed by atoms with Crippen molar-refractivity contribution in [2.45, 2.75) is 46.8 Å². The number of nitrogens with zero attached hydrogens (tertiary/aromatic N) is 4. The van der Waals surface area contributed by atoms with Gasteiger partial charge in [-0.1, -0.05) is 13.8 Å². The molecule has 3 aromatic heterocycles. The molecule has 0 unspecified atom stereocenters. The van der Waals surface area contributed by atoms with Crippen LogP contribution in [0.1, 0.15) is 36.2 Å². The first-order chi connectivity index (χ1) is 12.9. The standard InChI is InChI=1S/C20H24N4O2S/c1-12(2)18-16-6-5-13(3)23(16)7-8-24(18)17(25)10-22-11-21-19-15(20(22)26)9-14(4)27-19/h5-6,9,11-12,18H,7-8,10H2,1-4H3/t18-/m1/s1. The highest BCUT2D eigenvalue weighted by molar-refractivity contribution is 7.18. The molecule has 0 aliphatic carbocycles. The van der Waals surface area contributed by atoms with E-state index in [-0.39, 0.29) is 24.1 Å². The Morgan fingerprint density at radius 3 is 2.81 bits per heavy atom. The molecule has 0 aromatic carbocycles. The van der Waals surface area contributed by atoms with Crippen LogP contribution in [0.25, 0.3) is 10.2 Å². The lowest BCUT2D eigenvalue weighted by Crippen LogP contribution is -2.46. The van der Waals surface area contributed by atoms with Gasteiger partial charge >= 0.3 is 0 Å². The number of aromatic nitrogens is 3. The topological polar surface area (TPSA) is 60.1 Å². The van der Waals surface area contributed by atoms with E-state index in [9.17, 15) is 9.59 Å². The lowest BCUT2D eigenvalue weighted by Gasteiger charge is -2.39. The van der Waals surface area contributed by atoms with E-state index in [2.05, 4.69) is 42.5 Å². The van der Waals surface area contributed by atoms with Gasteiger partial charge in [-0.25, -0.2) is 4.98 Å². The quantitative estimate of drug-likeness (QED) is 0.697. The van der Waals surface area contributed by atoms with Crippen LogP contribution in [0.2, 0.25) is 0 Å². The van der Waals surface area contributed by atoms with E-state index in [1.807, 2.05) is 17.9 Å². The van der Waals surface area contributed by atoms with Crippen LogP contribution in [-0.4, -0.2) is 31.5 Å². The first-order valence-electron chi connectivity index (χ1n) is 9.28. The van der Waals surface area contributed by atoms with E-state index < -0.39 is 0 Å². The van der Waals surface area contributed by atoms with E-state index >= 15 is 0 Å². The van der Waals surface area contributed by atoms with Gasteiger partial charge in [0.05, 0.1) is 17.8 Å². The van der Waals surface area contributed by atoms with E-state index in [4.69, 9.17) is 0 Å². The molecule has 27 heavy (non-hydrogen) atoms. The molecule has 4 rings (SSSR count). The van der Waals surface area contributed by atoms with Crippen LogP contribution in [0, 0.1) is 19.8 Å². The molecule has 6 nitrogen and oxygen atoms in total. The number of amides is 1. The summed E-state index contributed by atoms with van der Waals surface area (Å²) in [6.07, 6.45) is 1.50. The normalized spacial score (nSPS) is 16.9. The van der Waals surface area contributed by atoms with Crippen molar-refractivity contribution in [3.05, 3.63) is 51.1 Å². The monoisotopic (exact) mass is 384 g/mol. The van der Waals surface area contributed by atoms with Gasteiger partial charge in [-0.2, -0.15) is 0 Å². The highest BCUT2D eigenvalue weighted by Crippen LogP contribution is 2.33. The summed E-state index contributed by atoms with van der Waals surface area (Å²) in [5, 5.41) is 0.594. The molecule has 3 aromatic rings.